The summed E-state index contributed by atoms with van der Waals surface area (Å²) in [6.45, 7) is 8.39. The number of phenolic OH excluding ortho intramolecular Hbond substituents is 1. The van der Waals surface area contributed by atoms with Gasteiger partial charge in [-0.2, -0.15) is 0 Å². The molecule has 0 atom stereocenters. The van der Waals surface area contributed by atoms with Gasteiger partial charge in [-0.15, -0.1) is 10.3 Å². The first-order chi connectivity index (χ1) is 9.21. The molecule has 0 bridgehead atoms. The summed E-state index contributed by atoms with van der Waals surface area (Å²) in [5.74, 6) is 0.260. The average Bonchev–Trinajstić information content (AvgIpc) is 2.35. The Bertz CT molecular complexity index is 435. The van der Waals surface area contributed by atoms with Crippen molar-refractivity contribution in [3.63, 3.8) is 0 Å². The maximum Gasteiger partial charge on any atom is 0.115 e. The molecule has 1 aliphatic rings. The highest BCUT2D eigenvalue weighted by Gasteiger charge is 2.46. The van der Waals surface area contributed by atoms with E-state index in [1.807, 2.05) is 39.8 Å². The number of benzene rings is 1. The van der Waals surface area contributed by atoms with Crippen molar-refractivity contribution in [3.8, 4) is 5.75 Å². The number of piperidine rings is 1. The van der Waals surface area contributed by atoms with Gasteiger partial charge in [-0.1, -0.05) is 12.1 Å². The summed E-state index contributed by atoms with van der Waals surface area (Å²) in [7, 11) is 0. The minimum Gasteiger partial charge on any atom is -0.508 e. The maximum absolute atomic E-state index is 12.3. The van der Waals surface area contributed by atoms with Gasteiger partial charge in [0.15, 0.2) is 0 Å². The molecule has 0 spiro atoms. The second-order valence-electron chi connectivity index (χ2n) is 6.93. The number of hydrogen-bond acceptors (Lipinski definition) is 3. The fourth-order valence-corrected chi connectivity index (χ4v) is 3.10. The Morgan fingerprint density at radius 3 is 2.15 bits per heavy atom. The highest BCUT2D eigenvalue weighted by molar-refractivity contribution is 5.25. The van der Waals surface area contributed by atoms with Crippen molar-refractivity contribution in [2.24, 2.45) is 0 Å². The van der Waals surface area contributed by atoms with E-state index < -0.39 is 11.1 Å². The topological polar surface area (TPSA) is 52.6 Å². The fraction of sp³-hybridized carbons (Fsp3) is 0.625. The monoisotopic (exact) mass is 278 g/mol. The highest BCUT2D eigenvalue weighted by Crippen LogP contribution is 2.38. The van der Waals surface area contributed by atoms with E-state index in [9.17, 15) is 10.3 Å². The number of phenols is 1. The van der Waals surface area contributed by atoms with Crippen molar-refractivity contribution >= 4 is 0 Å². The first-order valence-electron chi connectivity index (χ1n) is 7.08. The predicted molar refractivity (Wildman–Crippen MR) is 76.6 cm³/mol. The fourth-order valence-electron chi connectivity index (χ4n) is 3.10. The number of hydroxylamine groups is 2. The van der Waals surface area contributed by atoms with Gasteiger partial charge in [0, 0.05) is 11.1 Å². The van der Waals surface area contributed by atoms with E-state index in [0.717, 1.165) is 18.4 Å². The van der Waals surface area contributed by atoms with Crippen molar-refractivity contribution in [2.45, 2.75) is 64.3 Å². The smallest absolute Gasteiger partial charge is 0.115 e. The van der Waals surface area contributed by atoms with Crippen LogP contribution in [0.1, 0.15) is 46.1 Å². The van der Waals surface area contributed by atoms with Gasteiger partial charge in [0.1, 0.15) is 5.75 Å². The van der Waals surface area contributed by atoms with Crippen LogP contribution in [0.3, 0.4) is 0 Å². The van der Waals surface area contributed by atoms with Gasteiger partial charge >= 0.3 is 0 Å². The van der Waals surface area contributed by atoms with E-state index >= 15 is 0 Å². The Morgan fingerprint density at radius 1 is 1.15 bits per heavy atom. The van der Waals surface area contributed by atoms with Crippen LogP contribution in [-0.2, 0) is 16.6 Å². The highest BCUT2D eigenvalue weighted by atomic mass is 16.5. The molecule has 1 heterocycles. The first-order valence-corrected chi connectivity index (χ1v) is 7.08. The van der Waals surface area contributed by atoms with Crippen LogP contribution < -0.4 is 0 Å². The Morgan fingerprint density at radius 2 is 1.65 bits per heavy atom. The van der Waals surface area contributed by atoms with E-state index in [2.05, 4.69) is 0 Å². The summed E-state index contributed by atoms with van der Waals surface area (Å²) in [5, 5.41) is 22.7. The number of nitrogens with zero attached hydrogens (tertiary/aromatic N) is 1. The molecule has 111 valence electrons. The lowest BCUT2D eigenvalue weighted by atomic mass is 9.80. The molecule has 1 aromatic rings. The summed E-state index contributed by atoms with van der Waals surface area (Å²) in [4.78, 5) is 0. The van der Waals surface area contributed by atoms with Crippen LogP contribution in [0.4, 0.5) is 0 Å². The molecule has 1 fully saturated rings. The lowest BCUT2D eigenvalue weighted by molar-refractivity contribution is -0.301. The molecule has 1 N–H and O–H groups in total. The summed E-state index contributed by atoms with van der Waals surface area (Å²) < 4.78 is 5.98. The largest absolute Gasteiger partial charge is 0.508 e. The van der Waals surface area contributed by atoms with Crippen LogP contribution in [0.2, 0.25) is 0 Å². The molecule has 0 aromatic heterocycles. The standard InChI is InChI=1S/C16H24NO3/c1-15(2)9-14(10-16(3,4)17(15)19)20-11-12-5-7-13(18)8-6-12/h5-8,14,18H,9-11H2,1-4H3. The van der Waals surface area contributed by atoms with Crippen molar-refractivity contribution in [2.75, 3.05) is 0 Å². The van der Waals surface area contributed by atoms with Gasteiger partial charge in [-0.25, -0.2) is 0 Å². The van der Waals surface area contributed by atoms with Crippen LogP contribution in [0.15, 0.2) is 24.3 Å². The van der Waals surface area contributed by atoms with Gasteiger partial charge in [0.05, 0.1) is 12.7 Å². The quantitative estimate of drug-likeness (QED) is 0.923. The predicted octanol–water partition coefficient (Wildman–Crippen LogP) is 3.28. The summed E-state index contributed by atoms with van der Waals surface area (Å²) in [5.41, 5.74) is 0.228. The molecular formula is C16H24NO3. The molecule has 1 aliphatic heterocycles. The molecule has 4 heteroatoms. The van der Waals surface area contributed by atoms with Crippen molar-refractivity contribution in [3.05, 3.63) is 29.8 Å². The maximum atomic E-state index is 12.3. The van der Waals surface area contributed by atoms with Crippen molar-refractivity contribution in [1.82, 2.24) is 5.06 Å². The van der Waals surface area contributed by atoms with Crippen molar-refractivity contribution < 1.29 is 15.1 Å². The number of aromatic hydroxyl groups is 1. The molecule has 1 aromatic carbocycles. The van der Waals surface area contributed by atoms with E-state index in [0.29, 0.717) is 6.61 Å². The Labute approximate surface area is 120 Å². The van der Waals surface area contributed by atoms with Crippen LogP contribution >= 0.6 is 0 Å². The molecule has 1 radical (unpaired) electrons. The second-order valence-corrected chi connectivity index (χ2v) is 6.93. The number of hydrogen-bond donors (Lipinski definition) is 1. The van der Waals surface area contributed by atoms with E-state index in [1.54, 1.807) is 12.1 Å². The molecule has 0 amide bonds. The minimum absolute atomic E-state index is 0.0824. The summed E-state index contributed by atoms with van der Waals surface area (Å²) in [6.07, 6.45) is 1.55. The van der Waals surface area contributed by atoms with E-state index in [4.69, 9.17) is 4.74 Å². The zero-order valence-electron chi connectivity index (χ0n) is 12.7. The zero-order valence-corrected chi connectivity index (χ0v) is 12.7. The molecule has 20 heavy (non-hydrogen) atoms. The van der Waals surface area contributed by atoms with Crippen LogP contribution in [0.5, 0.6) is 5.75 Å². The van der Waals surface area contributed by atoms with Gasteiger partial charge < -0.3 is 9.84 Å². The second kappa shape index (κ2) is 5.35. The third-order valence-electron chi connectivity index (χ3n) is 3.98. The van der Waals surface area contributed by atoms with E-state index in [-0.39, 0.29) is 11.9 Å². The summed E-state index contributed by atoms with van der Waals surface area (Å²) >= 11 is 0. The van der Waals surface area contributed by atoms with Gasteiger partial charge in [0.2, 0.25) is 0 Å². The number of rotatable bonds is 3. The van der Waals surface area contributed by atoms with Crippen LogP contribution in [-0.4, -0.2) is 27.4 Å². The molecule has 0 saturated carbocycles. The van der Waals surface area contributed by atoms with Crippen LogP contribution in [0, 0.1) is 0 Å². The Balaban J connectivity index is 1.98. The molecule has 0 unspecified atom stereocenters. The van der Waals surface area contributed by atoms with Gasteiger partial charge in [0.25, 0.3) is 0 Å². The lowest BCUT2D eigenvalue weighted by Crippen LogP contribution is -2.59. The SMILES string of the molecule is CC1(C)CC(OCc2ccc(O)cc2)CC(C)(C)N1[O]. The third kappa shape index (κ3) is 3.32. The zero-order chi connectivity index (χ0) is 15.0. The lowest BCUT2D eigenvalue weighted by Gasteiger charge is -2.49. The average molecular weight is 278 g/mol. The third-order valence-corrected chi connectivity index (χ3v) is 3.98. The molecule has 1 saturated heterocycles. The van der Waals surface area contributed by atoms with E-state index in [1.165, 1.54) is 5.06 Å². The minimum atomic E-state index is -0.401. The van der Waals surface area contributed by atoms with Gasteiger partial charge in [-0.3, -0.25) is 0 Å². The molecule has 0 aliphatic carbocycles. The molecule has 4 nitrogen and oxygen atoms in total. The normalized spacial score (nSPS) is 22.9. The Hall–Kier alpha value is -1.10. The van der Waals surface area contributed by atoms with Crippen molar-refractivity contribution in [1.29, 1.82) is 0 Å². The number of ether oxygens (including phenoxy) is 1. The van der Waals surface area contributed by atoms with Gasteiger partial charge in [-0.05, 0) is 58.2 Å². The summed E-state index contributed by atoms with van der Waals surface area (Å²) in [6, 6.07) is 7.03. The molecular weight excluding hydrogens is 254 g/mol. The molecule has 2 rings (SSSR count). The first kappa shape index (κ1) is 15.3. The van der Waals surface area contributed by atoms with Crippen LogP contribution in [0.25, 0.3) is 0 Å². The Kier molecular flexibility index (Phi) is 4.09.